The predicted molar refractivity (Wildman–Crippen MR) is 50.2 cm³/mol. The molecule has 0 fully saturated rings. The van der Waals surface area contributed by atoms with Crippen LogP contribution in [0.15, 0.2) is 30.3 Å². The summed E-state index contributed by atoms with van der Waals surface area (Å²) in [6.45, 7) is 3.89. The summed E-state index contributed by atoms with van der Waals surface area (Å²) >= 11 is 0. The van der Waals surface area contributed by atoms with Gasteiger partial charge in [-0.25, -0.2) is 0 Å². The minimum atomic E-state index is -0.00870. The van der Waals surface area contributed by atoms with Crippen molar-refractivity contribution in [2.45, 2.75) is 19.9 Å². The van der Waals surface area contributed by atoms with Crippen LogP contribution < -0.4 is 24.2 Å². The van der Waals surface area contributed by atoms with E-state index in [1.807, 2.05) is 32.0 Å². The van der Waals surface area contributed by atoms with Gasteiger partial charge < -0.3 is 6.74 Å². The molecule has 0 spiro atoms. The Kier molecular flexibility index (Phi) is 5.53. The topological polar surface area (TPSA) is 29.1 Å². The van der Waals surface area contributed by atoms with E-state index in [2.05, 4.69) is 5.32 Å². The molecule has 1 N–H and O–H groups in total. The van der Waals surface area contributed by atoms with Gasteiger partial charge in [-0.15, -0.1) is 0 Å². The Hall–Kier alpha value is -0.713. The van der Waals surface area contributed by atoms with E-state index in [-0.39, 0.29) is 32.2 Å². The zero-order chi connectivity index (χ0) is 8.97. The van der Waals surface area contributed by atoms with Gasteiger partial charge in [0.05, 0.1) is 0 Å². The van der Waals surface area contributed by atoms with Crippen molar-refractivity contribution < 1.29 is 25.1 Å². The van der Waals surface area contributed by atoms with Crippen LogP contribution in [0, 0.1) is 0 Å². The maximum Gasteiger partial charge on any atom is 1.00 e. The van der Waals surface area contributed by atoms with E-state index in [0.29, 0.717) is 5.56 Å². The Morgan fingerprint density at radius 2 is 1.85 bits per heavy atom. The molecule has 0 aliphatic heterocycles. The monoisotopic (exact) mass is 171 g/mol. The third kappa shape index (κ3) is 4.17. The van der Waals surface area contributed by atoms with Crippen LogP contribution in [-0.4, -0.2) is 11.9 Å². The molecule has 2 nitrogen and oxygen atoms in total. The Morgan fingerprint density at radius 3 is 2.31 bits per heavy atom. The number of hydrogen-bond donors (Lipinski definition) is 1. The van der Waals surface area contributed by atoms with Crippen LogP contribution in [0.5, 0.6) is 0 Å². The minimum Gasteiger partial charge on any atom is -1.00 e. The van der Waals surface area contributed by atoms with E-state index < -0.39 is 0 Å². The minimum absolute atomic E-state index is 0. The molecule has 0 heterocycles. The van der Waals surface area contributed by atoms with Gasteiger partial charge in [0.15, 0.2) is 0 Å². The fourth-order valence-electron chi connectivity index (χ4n) is 0.935. The van der Waals surface area contributed by atoms with Gasteiger partial charge in [-0.3, -0.25) is 4.79 Å². The molecule has 0 unspecified atom stereocenters. The molecule has 3 heteroatoms. The predicted octanol–water partition coefficient (Wildman–Crippen LogP) is -1.06. The second-order valence-electron chi connectivity index (χ2n) is 2.99. The van der Waals surface area contributed by atoms with Crippen LogP contribution in [0.2, 0.25) is 0 Å². The molecule has 0 radical (unpaired) electrons. The van der Waals surface area contributed by atoms with E-state index in [0.717, 1.165) is 0 Å². The fourth-order valence-corrected chi connectivity index (χ4v) is 0.935. The maximum absolute atomic E-state index is 11.3. The molecule has 1 rings (SSSR count). The summed E-state index contributed by atoms with van der Waals surface area (Å²) in [6, 6.07) is 9.41. The van der Waals surface area contributed by atoms with Gasteiger partial charge in [-0.1, -0.05) is 18.2 Å². The first-order valence-electron chi connectivity index (χ1n) is 4.06. The molecule has 0 aliphatic carbocycles. The summed E-state index contributed by atoms with van der Waals surface area (Å²) in [5.74, 6) is -0.00870. The van der Waals surface area contributed by atoms with E-state index in [1.165, 1.54) is 0 Å². The maximum atomic E-state index is 11.3. The summed E-state index contributed by atoms with van der Waals surface area (Å²) in [7, 11) is 0. The van der Waals surface area contributed by atoms with E-state index in [4.69, 9.17) is 0 Å². The molecule has 1 amide bonds. The largest absolute Gasteiger partial charge is 1.00 e. The number of carbonyl (C=O) groups is 1. The molecule has 0 saturated heterocycles. The van der Waals surface area contributed by atoms with Crippen molar-refractivity contribution in [3.8, 4) is 0 Å². The second kappa shape index (κ2) is 5.85. The van der Waals surface area contributed by atoms with Crippen molar-refractivity contribution >= 4 is 5.91 Å². The smallest absolute Gasteiger partial charge is 1.00 e. The summed E-state index contributed by atoms with van der Waals surface area (Å²) in [5, 5.41) is 2.82. The zero-order valence-electron chi connectivity index (χ0n) is 9.37. The van der Waals surface area contributed by atoms with Gasteiger partial charge in [-0.2, -0.15) is 0 Å². The number of carbonyl (C=O) groups excluding carboxylic acids is 1. The quantitative estimate of drug-likeness (QED) is 0.565. The zero-order valence-corrected chi connectivity index (χ0v) is 8.37. The Bertz CT molecular complexity index is 264. The number of rotatable bonds is 2. The molecule has 0 atom stereocenters. The first-order chi connectivity index (χ1) is 5.70. The molecular formula is C10H14LiNO. The number of amides is 1. The van der Waals surface area contributed by atoms with E-state index in [1.54, 1.807) is 12.1 Å². The Morgan fingerprint density at radius 1 is 1.31 bits per heavy atom. The normalized spacial score (nSPS) is 9.15. The molecule has 0 aromatic heterocycles. The van der Waals surface area contributed by atoms with Gasteiger partial charge >= 0.3 is 18.9 Å². The van der Waals surface area contributed by atoms with Crippen LogP contribution in [0.3, 0.4) is 0 Å². The van der Waals surface area contributed by atoms with Crippen molar-refractivity contribution in [3.63, 3.8) is 0 Å². The summed E-state index contributed by atoms with van der Waals surface area (Å²) in [6.07, 6.45) is 0. The van der Waals surface area contributed by atoms with Crippen LogP contribution in [-0.2, 0) is 0 Å². The van der Waals surface area contributed by atoms with Crippen molar-refractivity contribution in [2.75, 3.05) is 0 Å². The van der Waals surface area contributed by atoms with Gasteiger partial charge in [0.25, 0.3) is 5.91 Å². The van der Waals surface area contributed by atoms with Crippen molar-refractivity contribution in [1.82, 2.24) is 5.32 Å². The van der Waals surface area contributed by atoms with Gasteiger partial charge in [-0.05, 0) is 26.0 Å². The van der Waals surface area contributed by atoms with E-state index in [9.17, 15) is 4.79 Å². The van der Waals surface area contributed by atoms with Gasteiger partial charge in [0.1, 0.15) is 0 Å². The number of nitrogens with one attached hydrogen (secondary N) is 1. The standard InChI is InChI=1S/C10H13NO.Li.H/c1-8(2)11-10(12)9-6-4-3-5-7-9;;/h3-8H,1-2H3,(H,11,12);;/q;+1;-1. The average Bonchev–Trinajstić information content (AvgIpc) is 2.05. The number of benzene rings is 1. The molecule has 66 valence electrons. The second-order valence-corrected chi connectivity index (χ2v) is 2.99. The molecule has 0 bridgehead atoms. The molecule has 0 saturated carbocycles. The van der Waals surface area contributed by atoms with Crippen molar-refractivity contribution in [1.29, 1.82) is 0 Å². The van der Waals surface area contributed by atoms with E-state index >= 15 is 0 Å². The summed E-state index contributed by atoms with van der Waals surface area (Å²) in [4.78, 5) is 11.3. The third-order valence-electron chi connectivity index (χ3n) is 1.46. The number of hydrogen-bond acceptors (Lipinski definition) is 1. The SMILES string of the molecule is CC(C)NC(=O)c1ccccc1.[H-].[Li+]. The van der Waals surface area contributed by atoms with Crippen molar-refractivity contribution in [3.05, 3.63) is 35.9 Å². The molecule has 1 aromatic carbocycles. The van der Waals surface area contributed by atoms with Crippen LogP contribution >= 0.6 is 0 Å². The van der Waals surface area contributed by atoms with Gasteiger partial charge in [0.2, 0.25) is 0 Å². The van der Waals surface area contributed by atoms with Crippen LogP contribution in [0.1, 0.15) is 25.6 Å². The Labute approximate surface area is 92.4 Å². The summed E-state index contributed by atoms with van der Waals surface area (Å²) in [5.41, 5.74) is 0.714. The fraction of sp³-hybridized carbons (Fsp3) is 0.300. The van der Waals surface area contributed by atoms with Crippen molar-refractivity contribution in [2.24, 2.45) is 0 Å². The van der Waals surface area contributed by atoms with Gasteiger partial charge in [0, 0.05) is 11.6 Å². The van der Waals surface area contributed by atoms with Crippen LogP contribution in [0.4, 0.5) is 0 Å². The van der Waals surface area contributed by atoms with Crippen LogP contribution in [0.25, 0.3) is 0 Å². The first-order valence-corrected chi connectivity index (χ1v) is 4.06. The summed E-state index contributed by atoms with van der Waals surface area (Å²) < 4.78 is 0. The molecule has 0 aliphatic rings. The molecular weight excluding hydrogens is 157 g/mol. The average molecular weight is 171 g/mol. The third-order valence-corrected chi connectivity index (χ3v) is 1.46. The Balaban J connectivity index is 0. The first kappa shape index (κ1) is 12.3. The molecule has 1 aromatic rings. The molecule has 13 heavy (non-hydrogen) atoms.